The molecule has 0 saturated carbocycles. The molecule has 2 rings (SSSR count). The number of halogens is 2. The highest BCUT2D eigenvalue weighted by Crippen LogP contribution is 2.34. The fourth-order valence-electron chi connectivity index (χ4n) is 2.34. The first-order valence-electron chi connectivity index (χ1n) is 6.51. The molecule has 0 heterocycles. The minimum absolute atomic E-state index is 0.138. The molecule has 20 heavy (non-hydrogen) atoms. The molecule has 0 aromatic heterocycles. The average Bonchev–Trinajstić information content (AvgIpc) is 2.46. The molecular weight excluding hydrogens is 275 g/mol. The second-order valence-electron chi connectivity index (χ2n) is 4.76. The largest absolute Gasteiger partial charge is 0.366 e. The molecule has 0 amide bonds. The molecule has 2 nitrogen and oxygen atoms in total. The normalized spacial score (nSPS) is 12.2. The van der Waals surface area contributed by atoms with Crippen molar-refractivity contribution in [2.45, 2.75) is 19.5 Å². The Kier molecular flexibility index (Phi) is 4.63. The third-order valence-electron chi connectivity index (χ3n) is 3.58. The van der Waals surface area contributed by atoms with E-state index in [9.17, 15) is 4.39 Å². The molecule has 0 aliphatic rings. The van der Waals surface area contributed by atoms with Crippen LogP contribution in [0.1, 0.15) is 24.1 Å². The van der Waals surface area contributed by atoms with Gasteiger partial charge in [0.05, 0.1) is 16.8 Å². The minimum atomic E-state index is -0.215. The Labute approximate surface area is 124 Å². The Morgan fingerprint density at radius 1 is 1.20 bits per heavy atom. The van der Waals surface area contributed by atoms with Crippen molar-refractivity contribution in [2.75, 3.05) is 11.9 Å². The molecular formula is C16H18ClFN2. The maximum Gasteiger partial charge on any atom is 0.128 e. The number of nitrogens with two attached hydrogens (primary N) is 1. The van der Waals surface area contributed by atoms with Crippen molar-refractivity contribution >= 4 is 17.3 Å². The zero-order valence-corrected chi connectivity index (χ0v) is 12.4. The van der Waals surface area contributed by atoms with E-state index in [0.717, 1.165) is 11.3 Å². The van der Waals surface area contributed by atoms with Gasteiger partial charge in [0.15, 0.2) is 0 Å². The Morgan fingerprint density at radius 2 is 1.90 bits per heavy atom. The van der Waals surface area contributed by atoms with E-state index < -0.39 is 0 Å². The van der Waals surface area contributed by atoms with Gasteiger partial charge in [-0.3, -0.25) is 0 Å². The van der Waals surface area contributed by atoms with Gasteiger partial charge in [0.2, 0.25) is 0 Å². The van der Waals surface area contributed by atoms with E-state index in [1.54, 1.807) is 12.1 Å². The van der Waals surface area contributed by atoms with Crippen LogP contribution in [-0.4, -0.2) is 7.05 Å². The van der Waals surface area contributed by atoms with Crippen LogP contribution in [0.3, 0.4) is 0 Å². The van der Waals surface area contributed by atoms with Crippen LogP contribution in [0, 0.1) is 5.82 Å². The van der Waals surface area contributed by atoms with Gasteiger partial charge < -0.3 is 10.6 Å². The third kappa shape index (κ3) is 2.79. The molecule has 4 heteroatoms. The predicted molar refractivity (Wildman–Crippen MR) is 82.6 cm³/mol. The van der Waals surface area contributed by atoms with Gasteiger partial charge in [0.25, 0.3) is 0 Å². The van der Waals surface area contributed by atoms with Crippen molar-refractivity contribution < 1.29 is 4.39 Å². The molecule has 0 aliphatic heterocycles. The monoisotopic (exact) mass is 292 g/mol. The van der Waals surface area contributed by atoms with E-state index >= 15 is 0 Å². The van der Waals surface area contributed by atoms with Gasteiger partial charge in [0.1, 0.15) is 5.82 Å². The molecule has 2 N–H and O–H groups in total. The molecule has 0 radical (unpaired) electrons. The molecule has 0 aliphatic carbocycles. The first kappa shape index (κ1) is 14.8. The van der Waals surface area contributed by atoms with Crippen molar-refractivity contribution in [3.05, 3.63) is 64.4 Å². The van der Waals surface area contributed by atoms with Crippen LogP contribution in [0.2, 0.25) is 5.02 Å². The average molecular weight is 293 g/mol. The highest BCUT2D eigenvalue weighted by Gasteiger charge is 2.19. The molecule has 1 atom stereocenters. The van der Waals surface area contributed by atoms with Crippen LogP contribution < -0.4 is 10.6 Å². The summed E-state index contributed by atoms with van der Waals surface area (Å²) in [6.07, 6.45) is 0. The summed E-state index contributed by atoms with van der Waals surface area (Å²) in [5, 5.41) is 0.624. The van der Waals surface area contributed by atoms with E-state index in [2.05, 4.69) is 0 Å². The molecule has 0 spiro atoms. The van der Waals surface area contributed by atoms with E-state index in [1.165, 1.54) is 6.07 Å². The number of hydrogen-bond acceptors (Lipinski definition) is 2. The maximum absolute atomic E-state index is 13.9. The van der Waals surface area contributed by atoms with E-state index in [-0.39, 0.29) is 11.9 Å². The summed E-state index contributed by atoms with van der Waals surface area (Å²) >= 11 is 6.28. The molecule has 1 unspecified atom stereocenters. The summed E-state index contributed by atoms with van der Waals surface area (Å²) in [5.74, 6) is -0.215. The zero-order valence-electron chi connectivity index (χ0n) is 11.6. The molecule has 0 bridgehead atoms. The lowest BCUT2D eigenvalue weighted by atomic mass is 10.0. The van der Waals surface area contributed by atoms with Crippen molar-refractivity contribution in [1.29, 1.82) is 0 Å². The number of benzene rings is 2. The molecule has 0 saturated heterocycles. The highest BCUT2D eigenvalue weighted by molar-refractivity contribution is 6.33. The number of anilines is 1. The second kappa shape index (κ2) is 6.25. The Morgan fingerprint density at radius 3 is 2.55 bits per heavy atom. The Balaban J connectivity index is 2.41. The summed E-state index contributed by atoms with van der Waals surface area (Å²) in [6, 6.07) is 12.3. The third-order valence-corrected chi connectivity index (χ3v) is 3.88. The quantitative estimate of drug-likeness (QED) is 0.918. The van der Waals surface area contributed by atoms with E-state index in [1.807, 2.05) is 43.1 Å². The summed E-state index contributed by atoms with van der Waals surface area (Å²) in [5.41, 5.74) is 8.21. The van der Waals surface area contributed by atoms with Crippen LogP contribution in [0.4, 0.5) is 10.1 Å². The summed E-state index contributed by atoms with van der Waals surface area (Å²) in [6.45, 7) is 2.34. The van der Waals surface area contributed by atoms with Crippen molar-refractivity contribution in [2.24, 2.45) is 5.73 Å². The molecule has 0 fully saturated rings. The first-order chi connectivity index (χ1) is 9.56. The predicted octanol–water partition coefficient (Wildman–Crippen LogP) is 4.14. The van der Waals surface area contributed by atoms with E-state index in [4.69, 9.17) is 17.3 Å². The Bertz CT molecular complexity index is 601. The fraction of sp³-hybridized carbons (Fsp3) is 0.250. The minimum Gasteiger partial charge on any atom is -0.366 e. The molecule has 106 valence electrons. The number of para-hydroxylation sites is 1. The first-order valence-corrected chi connectivity index (χ1v) is 6.88. The number of rotatable bonds is 4. The van der Waals surface area contributed by atoms with Crippen LogP contribution >= 0.6 is 11.6 Å². The zero-order chi connectivity index (χ0) is 14.7. The molecule has 2 aromatic rings. The Hall–Kier alpha value is -1.58. The van der Waals surface area contributed by atoms with Gasteiger partial charge in [-0.2, -0.15) is 0 Å². The smallest absolute Gasteiger partial charge is 0.128 e. The van der Waals surface area contributed by atoms with E-state index in [0.29, 0.717) is 17.1 Å². The van der Waals surface area contributed by atoms with Crippen LogP contribution in [0.5, 0.6) is 0 Å². The highest BCUT2D eigenvalue weighted by atomic mass is 35.5. The van der Waals surface area contributed by atoms with Gasteiger partial charge in [-0.1, -0.05) is 41.9 Å². The maximum atomic E-state index is 13.9. The standard InChI is InChI=1S/C16H18ClFN2/c1-11(13-7-3-4-9-15(13)18)20(2)16-12(10-19)6-5-8-14(16)17/h3-9,11H,10,19H2,1-2H3. The number of hydrogen-bond donors (Lipinski definition) is 1. The van der Waals surface area contributed by atoms with Crippen molar-refractivity contribution in [3.63, 3.8) is 0 Å². The van der Waals surface area contributed by atoms with Crippen LogP contribution in [0.15, 0.2) is 42.5 Å². The van der Waals surface area contributed by atoms with Gasteiger partial charge >= 0.3 is 0 Å². The molecule has 2 aromatic carbocycles. The van der Waals surface area contributed by atoms with Gasteiger partial charge in [-0.25, -0.2) is 4.39 Å². The van der Waals surface area contributed by atoms with Crippen molar-refractivity contribution in [3.8, 4) is 0 Å². The topological polar surface area (TPSA) is 29.3 Å². The SMILES string of the molecule is CC(c1ccccc1F)N(C)c1c(Cl)cccc1CN. The fourth-order valence-corrected chi connectivity index (χ4v) is 2.66. The lowest BCUT2D eigenvalue weighted by Gasteiger charge is -2.30. The summed E-state index contributed by atoms with van der Waals surface area (Å²) < 4.78 is 13.9. The van der Waals surface area contributed by atoms with Gasteiger partial charge in [0, 0.05) is 19.2 Å². The van der Waals surface area contributed by atoms with Crippen molar-refractivity contribution in [1.82, 2.24) is 0 Å². The second-order valence-corrected chi connectivity index (χ2v) is 5.17. The lowest BCUT2D eigenvalue weighted by molar-refractivity contribution is 0.585. The summed E-state index contributed by atoms with van der Waals surface area (Å²) in [7, 11) is 1.90. The summed E-state index contributed by atoms with van der Waals surface area (Å²) in [4.78, 5) is 1.96. The number of nitrogens with zero attached hydrogens (tertiary/aromatic N) is 1. The van der Waals surface area contributed by atoms with Gasteiger partial charge in [-0.05, 0) is 24.6 Å². The van der Waals surface area contributed by atoms with Crippen LogP contribution in [0.25, 0.3) is 0 Å². The lowest BCUT2D eigenvalue weighted by Crippen LogP contribution is -2.24. The van der Waals surface area contributed by atoms with Gasteiger partial charge in [-0.15, -0.1) is 0 Å². The van der Waals surface area contributed by atoms with Crippen LogP contribution in [-0.2, 0) is 6.54 Å².